The maximum atomic E-state index is 13.9. The molecule has 0 bridgehead atoms. The number of carbonyl (C=O) groups is 2. The monoisotopic (exact) mass is 454 g/mol. The molecule has 0 saturated carbocycles. The van der Waals surface area contributed by atoms with Gasteiger partial charge in [-0.15, -0.1) is 0 Å². The summed E-state index contributed by atoms with van der Waals surface area (Å²) in [4.78, 5) is 30.5. The van der Waals surface area contributed by atoms with Crippen LogP contribution in [0.3, 0.4) is 0 Å². The zero-order valence-electron chi connectivity index (χ0n) is 18.3. The summed E-state index contributed by atoms with van der Waals surface area (Å²) in [6.45, 7) is 3.25. The summed E-state index contributed by atoms with van der Waals surface area (Å²) >= 11 is 0. The van der Waals surface area contributed by atoms with Crippen LogP contribution in [0.15, 0.2) is 47.6 Å². The number of halogens is 2. The van der Waals surface area contributed by atoms with Gasteiger partial charge in [0, 0.05) is 18.2 Å². The lowest BCUT2D eigenvalue weighted by atomic mass is 9.94. The van der Waals surface area contributed by atoms with Crippen molar-refractivity contribution in [3.05, 3.63) is 65.4 Å². The quantitative estimate of drug-likeness (QED) is 0.634. The van der Waals surface area contributed by atoms with E-state index >= 15 is 0 Å². The Balaban J connectivity index is 1.70. The van der Waals surface area contributed by atoms with Crippen LogP contribution in [-0.4, -0.2) is 39.9 Å². The Morgan fingerprint density at radius 3 is 2.45 bits per heavy atom. The fourth-order valence-electron chi connectivity index (χ4n) is 3.39. The minimum atomic E-state index is -1.06. The van der Waals surface area contributed by atoms with E-state index in [1.807, 2.05) is 0 Å². The molecule has 2 aromatic carbocycles. The van der Waals surface area contributed by atoms with Crippen molar-refractivity contribution in [2.24, 2.45) is 12.2 Å². The highest BCUT2D eigenvalue weighted by Crippen LogP contribution is 2.33. The maximum absolute atomic E-state index is 13.9. The van der Waals surface area contributed by atoms with E-state index in [-0.39, 0.29) is 17.2 Å². The van der Waals surface area contributed by atoms with Crippen LogP contribution < -0.4 is 10.1 Å². The Morgan fingerprint density at radius 2 is 1.85 bits per heavy atom. The van der Waals surface area contributed by atoms with E-state index in [2.05, 4.69) is 15.6 Å². The van der Waals surface area contributed by atoms with Crippen LogP contribution in [0.1, 0.15) is 29.9 Å². The number of anilines is 1. The molecule has 0 saturated heterocycles. The van der Waals surface area contributed by atoms with Gasteiger partial charge in [-0.1, -0.05) is 11.2 Å². The van der Waals surface area contributed by atoms with Crippen molar-refractivity contribution in [2.75, 3.05) is 12.4 Å². The number of aromatic nitrogens is 2. The number of hydrogen-bond donors (Lipinski definition) is 1. The van der Waals surface area contributed by atoms with Crippen molar-refractivity contribution in [3.63, 3.8) is 0 Å². The van der Waals surface area contributed by atoms with Gasteiger partial charge in [0.15, 0.2) is 17.0 Å². The molecule has 10 heteroatoms. The van der Waals surface area contributed by atoms with E-state index in [1.54, 1.807) is 39.1 Å². The molecule has 170 valence electrons. The van der Waals surface area contributed by atoms with Gasteiger partial charge in [-0.25, -0.2) is 8.78 Å². The predicted molar refractivity (Wildman–Crippen MR) is 116 cm³/mol. The number of oxime groups is 1. The summed E-state index contributed by atoms with van der Waals surface area (Å²) in [5, 5.41) is 10.3. The molecule has 0 fully saturated rings. The molecule has 33 heavy (non-hydrogen) atoms. The van der Waals surface area contributed by atoms with Gasteiger partial charge in [0.25, 0.3) is 5.91 Å². The summed E-state index contributed by atoms with van der Waals surface area (Å²) in [6, 6.07) is 9.74. The second-order valence-electron chi connectivity index (χ2n) is 7.87. The van der Waals surface area contributed by atoms with Gasteiger partial charge in [-0.3, -0.25) is 14.3 Å². The van der Waals surface area contributed by atoms with Crippen LogP contribution in [0.4, 0.5) is 14.5 Å². The SMILES string of the molecule is COc1ccc(C2=NOC(C)(C)C2=O)cc1-c1cc(C(=O)Nc2c(F)cccc2F)nn1C. The Labute approximate surface area is 187 Å². The van der Waals surface area contributed by atoms with Crippen molar-refractivity contribution in [1.82, 2.24) is 9.78 Å². The number of carbonyl (C=O) groups excluding carboxylic acids is 2. The van der Waals surface area contributed by atoms with Gasteiger partial charge in [-0.2, -0.15) is 5.10 Å². The van der Waals surface area contributed by atoms with Crippen LogP contribution >= 0.6 is 0 Å². The average molecular weight is 454 g/mol. The molecule has 2 heterocycles. The number of para-hydroxylation sites is 1. The van der Waals surface area contributed by atoms with E-state index in [1.165, 1.54) is 23.9 Å². The van der Waals surface area contributed by atoms with Crippen LogP contribution in [0.25, 0.3) is 11.3 Å². The Kier molecular flexibility index (Phi) is 5.44. The molecule has 3 aromatic rings. The number of benzene rings is 2. The summed E-state index contributed by atoms with van der Waals surface area (Å²) in [6.07, 6.45) is 0. The standard InChI is InChI=1S/C23H20F2N4O4/c1-23(2)21(30)19(28-33-23)12-8-9-18(32-4)13(10-12)17-11-16(27-29(17)3)22(31)26-20-14(24)6-5-7-15(20)25/h5-11H,1-4H3,(H,26,31). The maximum Gasteiger partial charge on any atom is 0.276 e. The molecule has 1 N–H and O–H groups in total. The van der Waals surface area contributed by atoms with E-state index in [0.29, 0.717) is 22.6 Å². The first kappa shape index (κ1) is 22.1. The minimum absolute atomic E-state index is 0.0682. The Bertz CT molecular complexity index is 1290. The van der Waals surface area contributed by atoms with Crippen LogP contribution in [0.5, 0.6) is 5.75 Å². The Morgan fingerprint density at radius 1 is 1.15 bits per heavy atom. The molecular formula is C23H20F2N4O4. The fourth-order valence-corrected chi connectivity index (χ4v) is 3.39. The van der Waals surface area contributed by atoms with Gasteiger partial charge in [-0.05, 0) is 50.2 Å². The molecule has 1 aliphatic heterocycles. The summed E-state index contributed by atoms with van der Waals surface area (Å²) in [5.74, 6) is -2.40. The zero-order valence-corrected chi connectivity index (χ0v) is 18.3. The van der Waals surface area contributed by atoms with Crippen molar-refractivity contribution in [3.8, 4) is 17.0 Å². The van der Waals surface area contributed by atoms with E-state index in [4.69, 9.17) is 9.57 Å². The van der Waals surface area contributed by atoms with Gasteiger partial charge in [0.2, 0.25) is 5.78 Å². The Hall–Kier alpha value is -4.08. The lowest BCUT2D eigenvalue weighted by Gasteiger charge is -2.13. The third-order valence-electron chi connectivity index (χ3n) is 5.19. The minimum Gasteiger partial charge on any atom is -0.496 e. The van der Waals surface area contributed by atoms with Gasteiger partial charge in [0.1, 0.15) is 23.1 Å². The molecule has 0 unspecified atom stereocenters. The largest absolute Gasteiger partial charge is 0.496 e. The van der Waals surface area contributed by atoms with E-state index in [9.17, 15) is 18.4 Å². The molecule has 0 aliphatic carbocycles. The number of Topliss-reactive ketones (excluding diaryl/α,β-unsaturated/α-hetero) is 1. The van der Waals surface area contributed by atoms with Gasteiger partial charge >= 0.3 is 0 Å². The van der Waals surface area contributed by atoms with Crippen LogP contribution in [-0.2, 0) is 16.7 Å². The molecule has 1 aliphatic rings. The number of methoxy groups -OCH3 is 1. The second kappa shape index (κ2) is 8.12. The molecule has 0 spiro atoms. The lowest BCUT2D eigenvalue weighted by molar-refractivity contribution is -0.128. The summed E-state index contributed by atoms with van der Waals surface area (Å²) in [5.41, 5.74) is -0.0210. The third kappa shape index (κ3) is 3.95. The number of hydrogen-bond acceptors (Lipinski definition) is 6. The average Bonchev–Trinajstić information content (AvgIpc) is 3.29. The highest BCUT2D eigenvalue weighted by atomic mass is 19.1. The first-order chi connectivity index (χ1) is 15.6. The van der Waals surface area contributed by atoms with Gasteiger partial charge in [0.05, 0.1) is 12.8 Å². The lowest BCUT2D eigenvalue weighted by Crippen LogP contribution is -2.33. The first-order valence-corrected chi connectivity index (χ1v) is 9.91. The van der Waals surface area contributed by atoms with Crippen molar-refractivity contribution in [2.45, 2.75) is 19.4 Å². The van der Waals surface area contributed by atoms with E-state index < -0.39 is 28.8 Å². The predicted octanol–water partition coefficient (Wildman–Crippen LogP) is 3.71. The van der Waals surface area contributed by atoms with Gasteiger partial charge < -0.3 is 14.9 Å². The molecule has 0 atom stereocenters. The first-order valence-electron chi connectivity index (χ1n) is 9.91. The number of amides is 1. The molecule has 4 rings (SSSR count). The van der Waals surface area contributed by atoms with E-state index in [0.717, 1.165) is 12.1 Å². The highest BCUT2D eigenvalue weighted by molar-refractivity contribution is 6.49. The molecule has 1 amide bonds. The van der Waals surface area contributed by atoms with Crippen molar-refractivity contribution in [1.29, 1.82) is 0 Å². The van der Waals surface area contributed by atoms with Crippen LogP contribution in [0.2, 0.25) is 0 Å². The molecule has 1 aromatic heterocycles. The number of rotatable bonds is 5. The second-order valence-corrected chi connectivity index (χ2v) is 7.87. The normalized spacial score (nSPS) is 14.6. The summed E-state index contributed by atoms with van der Waals surface area (Å²) < 4.78 is 34.7. The number of nitrogens with zero attached hydrogens (tertiary/aromatic N) is 3. The number of ether oxygens (including phenoxy) is 1. The van der Waals surface area contributed by atoms with Crippen molar-refractivity contribution >= 4 is 23.1 Å². The third-order valence-corrected chi connectivity index (χ3v) is 5.19. The smallest absolute Gasteiger partial charge is 0.276 e. The topological polar surface area (TPSA) is 94.8 Å². The number of aryl methyl sites for hydroxylation is 1. The summed E-state index contributed by atoms with van der Waals surface area (Å²) in [7, 11) is 3.08. The number of ketones is 1. The zero-order chi connectivity index (χ0) is 23.9. The fraction of sp³-hybridized carbons (Fsp3) is 0.217. The highest BCUT2D eigenvalue weighted by Gasteiger charge is 2.40. The van der Waals surface area contributed by atoms with Crippen molar-refractivity contribution < 1.29 is 27.9 Å². The number of nitrogens with one attached hydrogen (secondary N) is 1. The molecular weight excluding hydrogens is 434 g/mol. The molecule has 8 nitrogen and oxygen atoms in total. The van der Waals surface area contributed by atoms with Crippen LogP contribution in [0, 0.1) is 11.6 Å². The molecule has 0 radical (unpaired) electrons.